The number of rotatable bonds is 12. The molecule has 2 aromatic carbocycles. The Kier molecular flexibility index (Phi) is 8.90. The molecule has 0 bridgehead atoms. The first kappa shape index (κ1) is 21.0. The molecule has 27 heavy (non-hydrogen) atoms. The van der Waals surface area contributed by atoms with Crippen LogP contribution in [0, 0.1) is 0 Å². The molecule has 0 fully saturated rings. The lowest BCUT2D eigenvalue weighted by atomic mass is 10.0. The second-order valence-electron chi connectivity index (χ2n) is 7.11. The molecular weight excluding hydrogens is 336 g/mol. The van der Waals surface area contributed by atoms with Gasteiger partial charge in [0, 0.05) is 5.56 Å². The third kappa shape index (κ3) is 6.74. The molecule has 0 spiro atoms. The standard InChI is InChI=1S/C24H32O3/c1-3-5-6-7-11-15-21(12-4-2)27-23-18-20(24(25)26)16-17-22(23)19-13-9-8-10-14-19/h8-10,13-14,16-18,21H,3-7,11-12,15H2,1-2H3,(H,25,26). The van der Waals surface area contributed by atoms with E-state index in [-0.39, 0.29) is 11.7 Å². The van der Waals surface area contributed by atoms with Gasteiger partial charge in [0.2, 0.25) is 0 Å². The largest absolute Gasteiger partial charge is 0.490 e. The molecule has 0 aliphatic heterocycles. The molecule has 1 N–H and O–H groups in total. The Morgan fingerprint density at radius 3 is 2.33 bits per heavy atom. The third-order valence-corrected chi connectivity index (χ3v) is 4.85. The highest BCUT2D eigenvalue weighted by molar-refractivity contribution is 5.89. The van der Waals surface area contributed by atoms with Crippen LogP contribution in [0.2, 0.25) is 0 Å². The number of carbonyl (C=O) groups is 1. The Labute approximate surface area is 163 Å². The Morgan fingerprint density at radius 1 is 0.926 bits per heavy atom. The van der Waals surface area contributed by atoms with E-state index in [0.29, 0.717) is 5.75 Å². The second kappa shape index (κ2) is 11.4. The zero-order valence-corrected chi connectivity index (χ0v) is 16.6. The number of ether oxygens (including phenoxy) is 1. The summed E-state index contributed by atoms with van der Waals surface area (Å²) in [5.74, 6) is -0.251. The van der Waals surface area contributed by atoms with E-state index in [2.05, 4.69) is 13.8 Å². The van der Waals surface area contributed by atoms with Crippen LogP contribution in [-0.2, 0) is 0 Å². The molecule has 2 aromatic rings. The molecule has 2 rings (SSSR count). The van der Waals surface area contributed by atoms with E-state index >= 15 is 0 Å². The number of hydrogen-bond acceptors (Lipinski definition) is 2. The van der Waals surface area contributed by atoms with Crippen LogP contribution in [0.1, 0.15) is 75.6 Å². The predicted octanol–water partition coefficient (Wildman–Crippen LogP) is 6.96. The molecule has 1 unspecified atom stereocenters. The summed E-state index contributed by atoms with van der Waals surface area (Å²) in [6.45, 7) is 4.39. The molecule has 0 aromatic heterocycles. The van der Waals surface area contributed by atoms with Gasteiger partial charge in [0.1, 0.15) is 5.75 Å². The van der Waals surface area contributed by atoms with Gasteiger partial charge in [0.25, 0.3) is 0 Å². The van der Waals surface area contributed by atoms with Crippen molar-refractivity contribution in [2.45, 2.75) is 71.3 Å². The van der Waals surface area contributed by atoms with Crippen molar-refractivity contribution >= 4 is 5.97 Å². The summed E-state index contributed by atoms with van der Waals surface area (Å²) in [5.41, 5.74) is 2.26. The van der Waals surface area contributed by atoms with E-state index < -0.39 is 5.97 Å². The number of carboxylic acids is 1. The first-order valence-electron chi connectivity index (χ1n) is 10.2. The van der Waals surface area contributed by atoms with Crippen LogP contribution in [-0.4, -0.2) is 17.2 Å². The zero-order chi connectivity index (χ0) is 19.5. The van der Waals surface area contributed by atoms with Gasteiger partial charge in [-0.05, 0) is 43.0 Å². The summed E-state index contributed by atoms with van der Waals surface area (Å²) in [6.07, 6.45) is 9.39. The predicted molar refractivity (Wildman–Crippen MR) is 112 cm³/mol. The summed E-state index contributed by atoms with van der Waals surface area (Å²) < 4.78 is 6.37. The van der Waals surface area contributed by atoms with Crippen LogP contribution < -0.4 is 4.74 Å². The highest BCUT2D eigenvalue weighted by atomic mass is 16.5. The van der Waals surface area contributed by atoms with Crippen molar-refractivity contribution in [1.82, 2.24) is 0 Å². The van der Waals surface area contributed by atoms with E-state index in [9.17, 15) is 9.90 Å². The Hall–Kier alpha value is -2.29. The fourth-order valence-electron chi connectivity index (χ4n) is 3.35. The minimum Gasteiger partial charge on any atom is -0.490 e. The van der Waals surface area contributed by atoms with Gasteiger partial charge in [0.15, 0.2) is 0 Å². The fourth-order valence-corrected chi connectivity index (χ4v) is 3.35. The minimum absolute atomic E-state index is 0.128. The normalized spacial score (nSPS) is 11.9. The van der Waals surface area contributed by atoms with E-state index in [4.69, 9.17) is 4.74 Å². The number of benzene rings is 2. The van der Waals surface area contributed by atoms with Crippen molar-refractivity contribution in [3.05, 3.63) is 54.1 Å². The van der Waals surface area contributed by atoms with E-state index in [1.54, 1.807) is 12.1 Å². The highest BCUT2D eigenvalue weighted by Gasteiger charge is 2.16. The summed E-state index contributed by atoms with van der Waals surface area (Å²) in [7, 11) is 0. The third-order valence-electron chi connectivity index (χ3n) is 4.85. The average molecular weight is 369 g/mol. The Bertz CT molecular complexity index is 694. The van der Waals surface area contributed by atoms with Gasteiger partial charge in [-0.2, -0.15) is 0 Å². The van der Waals surface area contributed by atoms with E-state index in [1.807, 2.05) is 36.4 Å². The van der Waals surface area contributed by atoms with Gasteiger partial charge in [-0.3, -0.25) is 0 Å². The van der Waals surface area contributed by atoms with Gasteiger partial charge in [-0.15, -0.1) is 0 Å². The first-order chi connectivity index (χ1) is 13.2. The number of hydrogen-bond donors (Lipinski definition) is 1. The molecule has 3 heteroatoms. The smallest absolute Gasteiger partial charge is 0.335 e. The summed E-state index contributed by atoms with van der Waals surface area (Å²) >= 11 is 0. The van der Waals surface area contributed by atoms with Crippen molar-refractivity contribution in [3.63, 3.8) is 0 Å². The summed E-state index contributed by atoms with van der Waals surface area (Å²) in [5, 5.41) is 9.38. The van der Waals surface area contributed by atoms with Crippen molar-refractivity contribution in [3.8, 4) is 16.9 Å². The van der Waals surface area contributed by atoms with Gasteiger partial charge in [-0.25, -0.2) is 4.79 Å². The van der Waals surface area contributed by atoms with Crippen LogP contribution in [0.5, 0.6) is 5.75 Å². The van der Waals surface area contributed by atoms with Crippen LogP contribution in [0.15, 0.2) is 48.5 Å². The maximum atomic E-state index is 11.4. The van der Waals surface area contributed by atoms with Gasteiger partial charge < -0.3 is 9.84 Å². The lowest BCUT2D eigenvalue weighted by Gasteiger charge is -2.21. The SMILES string of the molecule is CCCCCCCC(CCC)Oc1cc(C(=O)O)ccc1-c1ccccc1. The zero-order valence-electron chi connectivity index (χ0n) is 16.6. The molecule has 1 atom stereocenters. The lowest BCUT2D eigenvalue weighted by Crippen LogP contribution is -2.17. The maximum Gasteiger partial charge on any atom is 0.335 e. The lowest BCUT2D eigenvalue weighted by molar-refractivity contribution is 0.0696. The molecule has 146 valence electrons. The van der Waals surface area contributed by atoms with Crippen molar-refractivity contribution in [1.29, 1.82) is 0 Å². The Morgan fingerprint density at radius 2 is 1.67 bits per heavy atom. The fraction of sp³-hybridized carbons (Fsp3) is 0.458. The summed E-state index contributed by atoms with van der Waals surface area (Å²) in [4.78, 5) is 11.4. The number of carboxylic acid groups (broad SMARTS) is 1. The topological polar surface area (TPSA) is 46.5 Å². The monoisotopic (exact) mass is 368 g/mol. The number of aromatic carboxylic acids is 1. The molecule has 0 aliphatic rings. The quantitative estimate of drug-likeness (QED) is 0.412. The molecule has 3 nitrogen and oxygen atoms in total. The molecule has 0 amide bonds. The molecule has 0 heterocycles. The van der Waals surface area contributed by atoms with E-state index in [1.165, 1.54) is 25.7 Å². The molecule has 0 saturated heterocycles. The Balaban J connectivity index is 2.19. The minimum atomic E-state index is -0.925. The van der Waals surface area contributed by atoms with E-state index in [0.717, 1.165) is 36.8 Å². The van der Waals surface area contributed by atoms with Crippen molar-refractivity contribution in [2.75, 3.05) is 0 Å². The molecule has 0 saturated carbocycles. The average Bonchev–Trinajstić information content (AvgIpc) is 2.68. The van der Waals surface area contributed by atoms with Crippen molar-refractivity contribution < 1.29 is 14.6 Å². The van der Waals surface area contributed by atoms with Crippen LogP contribution in [0.25, 0.3) is 11.1 Å². The van der Waals surface area contributed by atoms with Gasteiger partial charge in [-0.1, -0.05) is 76.3 Å². The second-order valence-corrected chi connectivity index (χ2v) is 7.11. The van der Waals surface area contributed by atoms with Crippen molar-refractivity contribution in [2.24, 2.45) is 0 Å². The number of unbranched alkanes of at least 4 members (excludes halogenated alkanes) is 4. The van der Waals surface area contributed by atoms with Gasteiger partial charge in [0.05, 0.1) is 11.7 Å². The van der Waals surface area contributed by atoms with Crippen LogP contribution in [0.4, 0.5) is 0 Å². The first-order valence-corrected chi connectivity index (χ1v) is 10.2. The molecular formula is C24H32O3. The highest BCUT2D eigenvalue weighted by Crippen LogP contribution is 2.33. The molecule has 0 radical (unpaired) electrons. The van der Waals surface area contributed by atoms with Crippen LogP contribution >= 0.6 is 0 Å². The summed E-state index contributed by atoms with van der Waals surface area (Å²) in [6, 6.07) is 15.2. The maximum absolute atomic E-state index is 11.4. The molecule has 0 aliphatic carbocycles. The van der Waals surface area contributed by atoms with Crippen LogP contribution in [0.3, 0.4) is 0 Å². The van der Waals surface area contributed by atoms with Gasteiger partial charge >= 0.3 is 5.97 Å².